The van der Waals surface area contributed by atoms with E-state index in [-0.39, 0.29) is 0 Å². The largest absolute Gasteiger partial charge is 0.488 e. The predicted molar refractivity (Wildman–Crippen MR) is 74.8 cm³/mol. The Bertz CT molecular complexity index is 514. The molecule has 0 saturated heterocycles. The van der Waals surface area contributed by atoms with Gasteiger partial charge in [0.25, 0.3) is 0 Å². The number of anilines is 1. The molecule has 0 aromatic heterocycles. The molecule has 2 aromatic rings. The van der Waals surface area contributed by atoms with Gasteiger partial charge >= 0.3 is 7.12 Å². The quantitative estimate of drug-likeness (QED) is 0.707. The predicted octanol–water partition coefficient (Wildman–Crippen LogP) is 1.29. The number of rotatable bonds is 4. The Hall–Kier alpha value is -1.78. The number of hydrogen-bond donors (Lipinski definition) is 3. The first kappa shape index (κ1) is 12.7. The topological polar surface area (TPSA) is 52.5 Å². The maximum atomic E-state index is 9.25. The van der Waals surface area contributed by atoms with E-state index in [1.165, 1.54) is 0 Å². The zero-order valence-corrected chi connectivity index (χ0v) is 10.3. The van der Waals surface area contributed by atoms with Crippen LogP contribution < -0.4 is 10.8 Å². The van der Waals surface area contributed by atoms with Crippen LogP contribution in [0.2, 0.25) is 0 Å². The number of benzene rings is 2. The van der Waals surface area contributed by atoms with Crippen molar-refractivity contribution in [2.75, 3.05) is 5.32 Å². The van der Waals surface area contributed by atoms with Crippen molar-refractivity contribution in [3.05, 3.63) is 59.7 Å². The summed E-state index contributed by atoms with van der Waals surface area (Å²) < 4.78 is 0. The van der Waals surface area contributed by atoms with Crippen molar-refractivity contribution < 1.29 is 10.0 Å². The molecule has 0 heterocycles. The molecule has 0 saturated carbocycles. The molecule has 0 aliphatic rings. The summed E-state index contributed by atoms with van der Waals surface area (Å²) in [4.78, 5) is 0. The molecule has 0 aliphatic heterocycles. The number of hydrogen-bond acceptors (Lipinski definition) is 3. The average molecular weight is 241 g/mol. The Kier molecular flexibility index (Phi) is 4.02. The van der Waals surface area contributed by atoms with Crippen LogP contribution in [0.1, 0.15) is 11.1 Å². The van der Waals surface area contributed by atoms with Crippen molar-refractivity contribution >= 4 is 18.3 Å². The lowest BCUT2D eigenvalue weighted by atomic mass is 9.76. The van der Waals surface area contributed by atoms with E-state index in [0.29, 0.717) is 12.0 Å². The first-order valence-electron chi connectivity index (χ1n) is 5.92. The normalized spacial score (nSPS) is 10.2. The van der Waals surface area contributed by atoms with Gasteiger partial charge in [0, 0.05) is 12.2 Å². The van der Waals surface area contributed by atoms with Gasteiger partial charge in [-0.3, -0.25) is 0 Å². The van der Waals surface area contributed by atoms with Gasteiger partial charge in [-0.25, -0.2) is 0 Å². The smallest absolute Gasteiger partial charge is 0.423 e. The summed E-state index contributed by atoms with van der Waals surface area (Å²) in [6.45, 7) is 2.56. The Morgan fingerprint density at radius 1 is 1.00 bits per heavy atom. The highest BCUT2D eigenvalue weighted by Crippen LogP contribution is 2.10. The Labute approximate surface area is 107 Å². The zero-order valence-electron chi connectivity index (χ0n) is 10.3. The van der Waals surface area contributed by atoms with Crippen LogP contribution in [0, 0.1) is 6.92 Å². The fraction of sp³-hybridized carbons (Fsp3) is 0.143. The third-order valence-electron chi connectivity index (χ3n) is 3.02. The van der Waals surface area contributed by atoms with Crippen LogP contribution in [-0.4, -0.2) is 17.2 Å². The molecule has 0 radical (unpaired) electrons. The molecule has 2 aromatic carbocycles. The second-order valence-electron chi connectivity index (χ2n) is 4.22. The van der Waals surface area contributed by atoms with Crippen molar-refractivity contribution in [1.82, 2.24) is 0 Å². The molecule has 4 heteroatoms. The molecule has 0 atom stereocenters. The van der Waals surface area contributed by atoms with Gasteiger partial charge in [-0.1, -0.05) is 36.4 Å². The molecule has 0 bridgehead atoms. The Balaban J connectivity index is 2.13. The summed E-state index contributed by atoms with van der Waals surface area (Å²) in [6, 6.07) is 15.5. The van der Waals surface area contributed by atoms with E-state index >= 15 is 0 Å². The monoisotopic (exact) mass is 241 g/mol. The second kappa shape index (κ2) is 5.71. The summed E-state index contributed by atoms with van der Waals surface area (Å²) >= 11 is 0. The summed E-state index contributed by atoms with van der Waals surface area (Å²) in [5.74, 6) is 0. The summed E-state index contributed by atoms with van der Waals surface area (Å²) in [5.41, 5.74) is 3.58. The van der Waals surface area contributed by atoms with Crippen molar-refractivity contribution in [1.29, 1.82) is 0 Å². The molecule has 0 amide bonds. The van der Waals surface area contributed by atoms with Crippen LogP contribution in [0.3, 0.4) is 0 Å². The molecule has 3 N–H and O–H groups in total. The van der Waals surface area contributed by atoms with E-state index in [9.17, 15) is 10.0 Å². The third-order valence-corrected chi connectivity index (χ3v) is 3.02. The van der Waals surface area contributed by atoms with Gasteiger partial charge in [-0.2, -0.15) is 0 Å². The van der Waals surface area contributed by atoms with Crippen LogP contribution in [0.25, 0.3) is 0 Å². The zero-order chi connectivity index (χ0) is 13.0. The van der Waals surface area contributed by atoms with E-state index in [4.69, 9.17) is 0 Å². The van der Waals surface area contributed by atoms with Gasteiger partial charge in [0.15, 0.2) is 0 Å². The highest BCUT2D eigenvalue weighted by Gasteiger charge is 2.15. The summed E-state index contributed by atoms with van der Waals surface area (Å²) in [7, 11) is -1.42. The van der Waals surface area contributed by atoms with Gasteiger partial charge < -0.3 is 15.4 Å². The molecule has 0 unspecified atom stereocenters. The number of para-hydroxylation sites is 1. The van der Waals surface area contributed by atoms with Crippen molar-refractivity contribution in [2.24, 2.45) is 0 Å². The Morgan fingerprint density at radius 3 is 2.39 bits per heavy atom. The standard InChI is InChI=1S/C14H16BNO2/c1-11-12(6-5-9-14(11)15(17)18)10-16-13-7-3-2-4-8-13/h2-9,16-18H,10H2,1H3. The van der Waals surface area contributed by atoms with Gasteiger partial charge in [0.05, 0.1) is 0 Å². The Morgan fingerprint density at radius 2 is 1.72 bits per heavy atom. The minimum Gasteiger partial charge on any atom is -0.423 e. The van der Waals surface area contributed by atoms with Gasteiger partial charge in [0.1, 0.15) is 0 Å². The molecule has 3 nitrogen and oxygen atoms in total. The van der Waals surface area contributed by atoms with Crippen LogP contribution >= 0.6 is 0 Å². The molecule has 0 spiro atoms. The lowest BCUT2D eigenvalue weighted by molar-refractivity contribution is 0.425. The molecule has 2 rings (SSSR count). The van der Waals surface area contributed by atoms with E-state index in [2.05, 4.69) is 5.32 Å². The van der Waals surface area contributed by atoms with Crippen molar-refractivity contribution in [2.45, 2.75) is 13.5 Å². The van der Waals surface area contributed by atoms with Gasteiger partial charge in [-0.15, -0.1) is 0 Å². The van der Waals surface area contributed by atoms with Crippen LogP contribution in [0.15, 0.2) is 48.5 Å². The number of nitrogens with one attached hydrogen (secondary N) is 1. The maximum Gasteiger partial charge on any atom is 0.488 e. The van der Waals surface area contributed by atoms with E-state index in [1.807, 2.05) is 49.4 Å². The molecule has 18 heavy (non-hydrogen) atoms. The first-order chi connectivity index (χ1) is 8.68. The molecular weight excluding hydrogens is 225 g/mol. The second-order valence-corrected chi connectivity index (χ2v) is 4.22. The lowest BCUT2D eigenvalue weighted by Gasteiger charge is -2.12. The molecular formula is C14H16BNO2. The minimum atomic E-state index is -1.42. The van der Waals surface area contributed by atoms with E-state index in [1.54, 1.807) is 6.07 Å². The van der Waals surface area contributed by atoms with Crippen LogP contribution in [0.5, 0.6) is 0 Å². The van der Waals surface area contributed by atoms with E-state index in [0.717, 1.165) is 16.8 Å². The first-order valence-corrected chi connectivity index (χ1v) is 5.92. The fourth-order valence-corrected chi connectivity index (χ4v) is 1.93. The fourth-order valence-electron chi connectivity index (χ4n) is 1.93. The molecule has 0 aliphatic carbocycles. The summed E-state index contributed by atoms with van der Waals surface area (Å²) in [6.07, 6.45) is 0. The van der Waals surface area contributed by atoms with Crippen LogP contribution in [-0.2, 0) is 6.54 Å². The minimum absolute atomic E-state index is 0.558. The summed E-state index contributed by atoms with van der Waals surface area (Å²) in [5, 5.41) is 21.8. The van der Waals surface area contributed by atoms with Gasteiger partial charge in [-0.05, 0) is 35.6 Å². The average Bonchev–Trinajstić information content (AvgIpc) is 2.38. The molecule has 92 valence electrons. The third kappa shape index (κ3) is 2.91. The maximum absolute atomic E-state index is 9.25. The highest BCUT2D eigenvalue weighted by molar-refractivity contribution is 6.59. The van der Waals surface area contributed by atoms with Crippen molar-refractivity contribution in [3.63, 3.8) is 0 Å². The highest BCUT2D eigenvalue weighted by atomic mass is 16.4. The van der Waals surface area contributed by atoms with Crippen LogP contribution in [0.4, 0.5) is 5.69 Å². The SMILES string of the molecule is Cc1c(CNc2ccccc2)cccc1B(O)O. The van der Waals surface area contributed by atoms with Gasteiger partial charge in [0.2, 0.25) is 0 Å². The van der Waals surface area contributed by atoms with Crippen molar-refractivity contribution in [3.8, 4) is 0 Å². The van der Waals surface area contributed by atoms with E-state index < -0.39 is 7.12 Å². The lowest BCUT2D eigenvalue weighted by Crippen LogP contribution is -2.32. The molecule has 0 fully saturated rings.